The van der Waals surface area contributed by atoms with Gasteiger partial charge in [-0.15, -0.1) is 0 Å². The van der Waals surface area contributed by atoms with Crippen LogP contribution in [0.25, 0.3) is 0 Å². The van der Waals surface area contributed by atoms with Crippen molar-refractivity contribution in [1.82, 2.24) is 15.6 Å². The number of amides is 1. The van der Waals surface area contributed by atoms with Crippen molar-refractivity contribution in [1.29, 1.82) is 0 Å². The van der Waals surface area contributed by atoms with Crippen molar-refractivity contribution in [2.75, 3.05) is 7.11 Å². The molecule has 3 unspecified atom stereocenters. The minimum absolute atomic E-state index is 0.0264. The van der Waals surface area contributed by atoms with Gasteiger partial charge < -0.3 is 20.1 Å². The Bertz CT molecular complexity index is 748. The molecule has 0 radical (unpaired) electrons. The molecule has 2 fully saturated rings. The molecule has 4 rings (SSSR count). The van der Waals surface area contributed by atoms with Gasteiger partial charge in [0.15, 0.2) is 5.06 Å². The molecule has 0 spiro atoms. The summed E-state index contributed by atoms with van der Waals surface area (Å²) in [6.45, 7) is 0. The summed E-state index contributed by atoms with van der Waals surface area (Å²) in [6.07, 6.45) is 5.03. The van der Waals surface area contributed by atoms with Gasteiger partial charge in [-0.25, -0.2) is 4.98 Å². The summed E-state index contributed by atoms with van der Waals surface area (Å²) in [5, 5.41) is 7.34. The molecule has 0 saturated carbocycles. The van der Waals surface area contributed by atoms with E-state index in [1.165, 1.54) is 17.8 Å². The molecular formula is C17H19N3O3S. The second-order valence-corrected chi connectivity index (χ2v) is 7.16. The molecular weight excluding hydrogens is 326 g/mol. The maximum absolute atomic E-state index is 12.4. The number of methoxy groups -OCH3 is 1. The first-order valence-electron chi connectivity index (χ1n) is 8.06. The predicted molar refractivity (Wildman–Crippen MR) is 91.0 cm³/mol. The maximum Gasteiger partial charge on any atom is 0.261 e. The molecule has 126 valence electrons. The van der Waals surface area contributed by atoms with Gasteiger partial charge in [0.25, 0.3) is 5.91 Å². The van der Waals surface area contributed by atoms with Crippen LogP contribution in [0, 0.1) is 0 Å². The Hall–Kier alpha value is -2.12. The van der Waals surface area contributed by atoms with Gasteiger partial charge in [-0.1, -0.05) is 11.3 Å². The highest BCUT2D eigenvalue weighted by molar-refractivity contribution is 7.15. The van der Waals surface area contributed by atoms with Crippen LogP contribution in [-0.4, -0.2) is 36.1 Å². The Labute approximate surface area is 144 Å². The third kappa shape index (κ3) is 3.09. The first-order chi connectivity index (χ1) is 11.7. The van der Waals surface area contributed by atoms with Crippen molar-refractivity contribution < 1.29 is 14.3 Å². The van der Waals surface area contributed by atoms with E-state index in [9.17, 15) is 4.79 Å². The van der Waals surface area contributed by atoms with Gasteiger partial charge in [0.2, 0.25) is 5.88 Å². The van der Waals surface area contributed by atoms with Crippen LogP contribution in [0.3, 0.4) is 0 Å². The number of hydrogen-bond acceptors (Lipinski definition) is 6. The number of ether oxygens (including phenoxy) is 2. The number of carbonyl (C=O) groups excluding carboxylic acids is 1. The zero-order chi connectivity index (χ0) is 16.5. The van der Waals surface area contributed by atoms with E-state index in [2.05, 4.69) is 15.6 Å². The number of hydrogen-bond donors (Lipinski definition) is 2. The van der Waals surface area contributed by atoms with E-state index in [0.29, 0.717) is 33.7 Å². The third-order valence-electron chi connectivity index (χ3n) is 4.56. The van der Waals surface area contributed by atoms with Gasteiger partial charge in [-0.05, 0) is 37.5 Å². The molecule has 2 aromatic heterocycles. The van der Waals surface area contributed by atoms with Crippen LogP contribution in [0.2, 0.25) is 0 Å². The van der Waals surface area contributed by atoms with E-state index in [1.807, 2.05) is 6.07 Å². The molecule has 2 N–H and O–H groups in total. The van der Waals surface area contributed by atoms with Crippen molar-refractivity contribution in [2.24, 2.45) is 0 Å². The van der Waals surface area contributed by atoms with E-state index in [-0.39, 0.29) is 11.9 Å². The van der Waals surface area contributed by atoms with E-state index in [1.54, 1.807) is 31.5 Å². The lowest BCUT2D eigenvalue weighted by Crippen LogP contribution is -2.42. The van der Waals surface area contributed by atoms with Gasteiger partial charge in [0.1, 0.15) is 5.75 Å². The topological polar surface area (TPSA) is 72.5 Å². The Balaban J connectivity index is 1.39. The zero-order valence-corrected chi connectivity index (χ0v) is 14.1. The van der Waals surface area contributed by atoms with E-state index in [0.717, 1.165) is 12.8 Å². The molecule has 2 aromatic rings. The summed E-state index contributed by atoms with van der Waals surface area (Å²) in [5.74, 6) is 1.10. The van der Waals surface area contributed by atoms with Crippen LogP contribution < -0.4 is 20.1 Å². The third-order valence-corrected chi connectivity index (χ3v) is 5.52. The second kappa shape index (κ2) is 6.41. The summed E-state index contributed by atoms with van der Waals surface area (Å²) in [4.78, 5) is 17.1. The number of fused-ring (bicyclic) bond motifs is 2. The average Bonchev–Trinajstić information content (AvgIpc) is 3.31. The Morgan fingerprint density at radius 2 is 2.29 bits per heavy atom. The van der Waals surface area contributed by atoms with Crippen LogP contribution in [0.4, 0.5) is 0 Å². The number of thiophene rings is 1. The van der Waals surface area contributed by atoms with Gasteiger partial charge in [-0.2, -0.15) is 0 Å². The van der Waals surface area contributed by atoms with Crippen LogP contribution in [-0.2, 0) is 0 Å². The normalized spacial score (nSPS) is 24.8. The van der Waals surface area contributed by atoms with Gasteiger partial charge >= 0.3 is 0 Å². The van der Waals surface area contributed by atoms with Crippen LogP contribution in [0.1, 0.15) is 28.9 Å². The van der Waals surface area contributed by atoms with Crippen molar-refractivity contribution in [2.45, 2.75) is 37.4 Å². The molecule has 1 amide bonds. The fraction of sp³-hybridized carbons (Fsp3) is 0.412. The molecule has 2 saturated heterocycles. The smallest absolute Gasteiger partial charge is 0.261 e. The minimum Gasteiger partial charge on any atom is -0.481 e. The van der Waals surface area contributed by atoms with Gasteiger partial charge in [0, 0.05) is 30.4 Å². The van der Waals surface area contributed by atoms with Gasteiger partial charge in [0.05, 0.1) is 12.0 Å². The number of carbonyl (C=O) groups is 1. The summed E-state index contributed by atoms with van der Waals surface area (Å²) >= 11 is 1.34. The van der Waals surface area contributed by atoms with Crippen molar-refractivity contribution in [3.05, 3.63) is 35.3 Å². The van der Waals surface area contributed by atoms with E-state index >= 15 is 0 Å². The highest BCUT2D eigenvalue weighted by atomic mass is 32.1. The van der Waals surface area contributed by atoms with E-state index < -0.39 is 0 Å². The first-order valence-corrected chi connectivity index (χ1v) is 8.87. The molecule has 0 aliphatic carbocycles. The molecule has 24 heavy (non-hydrogen) atoms. The number of rotatable bonds is 5. The zero-order valence-electron chi connectivity index (χ0n) is 13.3. The Kier molecular flexibility index (Phi) is 4.12. The first kappa shape index (κ1) is 15.4. The van der Waals surface area contributed by atoms with E-state index in [4.69, 9.17) is 9.47 Å². The molecule has 2 bridgehead atoms. The molecule has 2 aliphatic rings. The van der Waals surface area contributed by atoms with Crippen LogP contribution in [0.5, 0.6) is 16.7 Å². The monoisotopic (exact) mass is 345 g/mol. The molecule has 2 aliphatic heterocycles. The highest BCUT2D eigenvalue weighted by Crippen LogP contribution is 2.32. The Morgan fingerprint density at radius 3 is 3.04 bits per heavy atom. The summed E-state index contributed by atoms with van der Waals surface area (Å²) in [5.41, 5.74) is 0. The standard InChI is InChI=1S/C17H19N3O3S/c1-22-15-9-11(6-7-18-15)23-16-5-4-14(24-16)17(21)20-13-8-10-2-3-12(13)19-10/h4-7,9-10,12-13,19H,2-3,8H2,1H3,(H,20,21). The Morgan fingerprint density at radius 1 is 1.38 bits per heavy atom. The lowest BCUT2D eigenvalue weighted by molar-refractivity contribution is 0.0935. The maximum atomic E-state index is 12.4. The molecule has 3 atom stereocenters. The molecule has 7 heteroatoms. The second-order valence-electron chi connectivity index (χ2n) is 6.12. The molecule has 6 nitrogen and oxygen atoms in total. The molecule has 0 aromatic carbocycles. The quantitative estimate of drug-likeness (QED) is 0.871. The summed E-state index contributed by atoms with van der Waals surface area (Å²) in [7, 11) is 1.56. The van der Waals surface area contributed by atoms with Crippen LogP contribution >= 0.6 is 11.3 Å². The summed E-state index contributed by atoms with van der Waals surface area (Å²) in [6, 6.07) is 8.32. The number of aromatic nitrogens is 1. The van der Waals surface area contributed by atoms with Crippen molar-refractivity contribution in [3.63, 3.8) is 0 Å². The highest BCUT2D eigenvalue weighted by Gasteiger charge is 2.39. The summed E-state index contributed by atoms with van der Waals surface area (Å²) < 4.78 is 10.9. The predicted octanol–water partition coefficient (Wildman–Crippen LogP) is 2.57. The fourth-order valence-corrected chi connectivity index (χ4v) is 4.18. The van der Waals surface area contributed by atoms with Crippen molar-refractivity contribution in [3.8, 4) is 16.7 Å². The number of nitrogens with zero attached hydrogens (tertiary/aromatic N) is 1. The largest absolute Gasteiger partial charge is 0.481 e. The lowest BCUT2D eigenvalue weighted by atomic mass is 9.95. The SMILES string of the molecule is COc1cc(Oc2ccc(C(=O)NC3CC4CCC3N4)s2)ccn1. The fourth-order valence-electron chi connectivity index (χ4n) is 3.40. The number of pyridine rings is 1. The van der Waals surface area contributed by atoms with Gasteiger partial charge in [-0.3, -0.25) is 4.79 Å². The minimum atomic E-state index is -0.0264. The number of nitrogens with one attached hydrogen (secondary N) is 2. The van der Waals surface area contributed by atoms with Crippen molar-refractivity contribution >= 4 is 17.2 Å². The average molecular weight is 345 g/mol. The lowest BCUT2D eigenvalue weighted by Gasteiger charge is -2.20. The molecule has 4 heterocycles. The van der Waals surface area contributed by atoms with Crippen LogP contribution in [0.15, 0.2) is 30.5 Å².